The maximum Gasteiger partial charge on any atom is 0.250 e. The van der Waals surface area contributed by atoms with Crippen molar-refractivity contribution in [3.8, 4) is 5.69 Å². The Morgan fingerprint density at radius 1 is 1.15 bits per heavy atom. The summed E-state index contributed by atoms with van der Waals surface area (Å²) >= 11 is 0. The number of aromatic nitrogens is 2. The second-order valence-corrected chi connectivity index (χ2v) is 5.25. The third kappa shape index (κ3) is 3.04. The summed E-state index contributed by atoms with van der Waals surface area (Å²) in [7, 11) is 0. The zero-order valence-electron chi connectivity index (χ0n) is 11.2. The molecule has 1 fully saturated rings. The minimum Gasteiger partial charge on any atom is -0.299 e. The molecule has 1 aromatic carbocycles. The molecule has 0 amide bonds. The van der Waals surface area contributed by atoms with Crippen LogP contribution in [0, 0.1) is 0 Å². The van der Waals surface area contributed by atoms with Crippen LogP contribution in [0.2, 0.25) is 0 Å². The van der Waals surface area contributed by atoms with Crippen LogP contribution in [0.5, 0.6) is 0 Å². The molecule has 1 aliphatic heterocycles. The number of benzene rings is 1. The van der Waals surface area contributed by atoms with Gasteiger partial charge >= 0.3 is 0 Å². The first-order chi connectivity index (χ1) is 9.62. The monoisotopic (exact) mass is 277 g/mol. The van der Waals surface area contributed by atoms with Gasteiger partial charge in [0.15, 0.2) is 0 Å². The molecule has 0 atom stereocenters. The van der Waals surface area contributed by atoms with E-state index >= 15 is 0 Å². The maximum absolute atomic E-state index is 13.1. The van der Waals surface area contributed by atoms with E-state index in [1.165, 1.54) is 0 Å². The lowest BCUT2D eigenvalue weighted by atomic mass is 10.1. The molecule has 1 saturated heterocycles. The molecule has 2 aromatic rings. The third-order valence-electron chi connectivity index (χ3n) is 3.67. The van der Waals surface area contributed by atoms with Gasteiger partial charge in [0.2, 0.25) is 0 Å². The Kier molecular flexibility index (Phi) is 3.53. The molecule has 5 heteroatoms. The number of likely N-dealkylation sites (tertiary alicyclic amines) is 1. The van der Waals surface area contributed by atoms with Crippen molar-refractivity contribution in [1.29, 1.82) is 0 Å². The Morgan fingerprint density at radius 2 is 1.95 bits per heavy atom. The van der Waals surface area contributed by atoms with Gasteiger partial charge in [0.1, 0.15) is 0 Å². The van der Waals surface area contributed by atoms with Gasteiger partial charge < -0.3 is 0 Å². The van der Waals surface area contributed by atoms with Gasteiger partial charge in [0, 0.05) is 44.9 Å². The average Bonchev–Trinajstić information content (AvgIpc) is 2.96. The molecule has 3 nitrogen and oxygen atoms in total. The van der Waals surface area contributed by atoms with E-state index in [0.717, 1.165) is 11.3 Å². The van der Waals surface area contributed by atoms with E-state index in [2.05, 4.69) is 16.1 Å². The van der Waals surface area contributed by atoms with Crippen LogP contribution in [0.25, 0.3) is 5.69 Å². The molecule has 0 spiro atoms. The van der Waals surface area contributed by atoms with Crippen LogP contribution >= 0.6 is 0 Å². The van der Waals surface area contributed by atoms with E-state index < -0.39 is 5.92 Å². The normalized spacial score (nSPS) is 19.1. The van der Waals surface area contributed by atoms with E-state index in [-0.39, 0.29) is 12.8 Å². The zero-order chi connectivity index (χ0) is 14.0. The van der Waals surface area contributed by atoms with Gasteiger partial charge in [0.25, 0.3) is 5.92 Å². The number of alkyl halides is 2. The predicted octanol–water partition coefficient (Wildman–Crippen LogP) is 3.10. The summed E-state index contributed by atoms with van der Waals surface area (Å²) in [5.41, 5.74) is 2.12. The van der Waals surface area contributed by atoms with Crippen molar-refractivity contribution >= 4 is 0 Å². The summed E-state index contributed by atoms with van der Waals surface area (Å²) < 4.78 is 28.1. The molecule has 1 aliphatic rings. The molecule has 0 N–H and O–H groups in total. The summed E-state index contributed by atoms with van der Waals surface area (Å²) in [6.07, 6.45) is 3.55. The van der Waals surface area contributed by atoms with Crippen molar-refractivity contribution in [2.45, 2.75) is 25.3 Å². The maximum atomic E-state index is 13.1. The molecule has 0 saturated carbocycles. The SMILES string of the molecule is FC1(F)CCN(Cc2cccc(-n3cccn3)c2)CC1. The van der Waals surface area contributed by atoms with Crippen molar-refractivity contribution in [3.63, 3.8) is 0 Å². The lowest BCUT2D eigenvalue weighted by Crippen LogP contribution is -2.38. The van der Waals surface area contributed by atoms with Gasteiger partial charge in [-0.3, -0.25) is 4.90 Å². The molecular weight excluding hydrogens is 260 g/mol. The Balaban J connectivity index is 1.68. The number of halogens is 2. The van der Waals surface area contributed by atoms with Gasteiger partial charge in [-0.2, -0.15) is 5.10 Å². The van der Waals surface area contributed by atoms with Crippen molar-refractivity contribution in [2.75, 3.05) is 13.1 Å². The van der Waals surface area contributed by atoms with E-state index in [0.29, 0.717) is 19.6 Å². The molecular formula is C15H17F2N3. The fourth-order valence-corrected chi connectivity index (χ4v) is 2.52. The fourth-order valence-electron chi connectivity index (χ4n) is 2.52. The highest BCUT2D eigenvalue weighted by molar-refractivity contribution is 5.35. The Hall–Kier alpha value is -1.75. The average molecular weight is 277 g/mol. The minimum absolute atomic E-state index is 0.0359. The molecule has 20 heavy (non-hydrogen) atoms. The predicted molar refractivity (Wildman–Crippen MR) is 73.0 cm³/mol. The lowest BCUT2D eigenvalue weighted by Gasteiger charge is -2.31. The number of rotatable bonds is 3. The number of nitrogens with zero attached hydrogens (tertiary/aromatic N) is 3. The van der Waals surface area contributed by atoms with Gasteiger partial charge in [-0.05, 0) is 23.8 Å². The van der Waals surface area contributed by atoms with Gasteiger partial charge in [-0.1, -0.05) is 12.1 Å². The van der Waals surface area contributed by atoms with Crippen LogP contribution in [0.15, 0.2) is 42.7 Å². The highest BCUT2D eigenvalue weighted by Crippen LogP contribution is 2.28. The summed E-state index contributed by atoms with van der Waals surface area (Å²) in [6.45, 7) is 1.63. The molecule has 106 valence electrons. The first-order valence-corrected chi connectivity index (χ1v) is 6.82. The fraction of sp³-hybridized carbons (Fsp3) is 0.400. The molecule has 1 aromatic heterocycles. The minimum atomic E-state index is -2.48. The summed E-state index contributed by atoms with van der Waals surface area (Å²) in [5, 5.41) is 4.20. The van der Waals surface area contributed by atoms with Crippen LogP contribution in [0.1, 0.15) is 18.4 Å². The highest BCUT2D eigenvalue weighted by atomic mass is 19.3. The summed E-state index contributed by atoms with van der Waals surface area (Å²) in [5.74, 6) is -2.48. The van der Waals surface area contributed by atoms with Gasteiger partial charge in [-0.25, -0.2) is 13.5 Å². The molecule has 0 radical (unpaired) electrons. The Morgan fingerprint density at radius 3 is 2.65 bits per heavy atom. The molecule has 0 bridgehead atoms. The summed E-state index contributed by atoms with van der Waals surface area (Å²) in [6, 6.07) is 9.92. The number of piperidine rings is 1. The topological polar surface area (TPSA) is 21.1 Å². The van der Waals surface area contributed by atoms with Crippen LogP contribution in [0.4, 0.5) is 8.78 Å². The van der Waals surface area contributed by atoms with Gasteiger partial charge in [-0.15, -0.1) is 0 Å². The smallest absolute Gasteiger partial charge is 0.250 e. The van der Waals surface area contributed by atoms with Crippen LogP contribution in [-0.2, 0) is 6.54 Å². The quantitative estimate of drug-likeness (QED) is 0.859. The third-order valence-corrected chi connectivity index (χ3v) is 3.67. The molecule has 2 heterocycles. The van der Waals surface area contributed by atoms with E-state index in [1.54, 1.807) is 10.9 Å². The van der Waals surface area contributed by atoms with Crippen molar-refractivity contribution < 1.29 is 8.78 Å². The van der Waals surface area contributed by atoms with Crippen molar-refractivity contribution in [1.82, 2.24) is 14.7 Å². The Bertz CT molecular complexity index is 556. The second kappa shape index (κ2) is 5.32. The molecule has 3 rings (SSSR count). The molecule has 0 aliphatic carbocycles. The first kappa shape index (κ1) is 13.2. The van der Waals surface area contributed by atoms with Crippen LogP contribution in [0.3, 0.4) is 0 Å². The first-order valence-electron chi connectivity index (χ1n) is 6.82. The van der Waals surface area contributed by atoms with Crippen LogP contribution < -0.4 is 0 Å². The molecule has 0 unspecified atom stereocenters. The van der Waals surface area contributed by atoms with E-state index in [1.807, 2.05) is 30.5 Å². The van der Waals surface area contributed by atoms with Crippen LogP contribution in [-0.4, -0.2) is 33.7 Å². The summed E-state index contributed by atoms with van der Waals surface area (Å²) in [4.78, 5) is 2.08. The largest absolute Gasteiger partial charge is 0.299 e. The zero-order valence-corrected chi connectivity index (χ0v) is 11.2. The second-order valence-electron chi connectivity index (χ2n) is 5.25. The van der Waals surface area contributed by atoms with E-state index in [9.17, 15) is 8.78 Å². The number of hydrogen-bond acceptors (Lipinski definition) is 2. The lowest BCUT2D eigenvalue weighted by molar-refractivity contribution is -0.0566. The number of hydrogen-bond donors (Lipinski definition) is 0. The highest BCUT2D eigenvalue weighted by Gasteiger charge is 2.33. The van der Waals surface area contributed by atoms with Crippen molar-refractivity contribution in [3.05, 3.63) is 48.3 Å². The van der Waals surface area contributed by atoms with Gasteiger partial charge in [0.05, 0.1) is 5.69 Å². The van der Waals surface area contributed by atoms with E-state index in [4.69, 9.17) is 0 Å². The standard InChI is InChI=1S/C15H17F2N3/c16-15(17)5-9-19(10-6-15)12-13-3-1-4-14(11-13)20-8-2-7-18-20/h1-4,7-8,11H,5-6,9-10,12H2. The Labute approximate surface area is 116 Å². The van der Waals surface area contributed by atoms with Crippen molar-refractivity contribution in [2.24, 2.45) is 0 Å².